The smallest absolute Gasteiger partial charge is 0.224 e. The molecule has 1 atom stereocenters. The molecular formula is C20H30N6OS. The largest absolute Gasteiger partial charge is 0.356 e. The number of piperazine rings is 1. The van der Waals surface area contributed by atoms with Crippen molar-refractivity contribution in [3.8, 4) is 0 Å². The normalized spacial score (nSPS) is 21.9. The number of nitrogens with one attached hydrogen (secondary N) is 1. The summed E-state index contributed by atoms with van der Waals surface area (Å²) in [5.41, 5.74) is 0.943. The van der Waals surface area contributed by atoms with E-state index >= 15 is 0 Å². The highest BCUT2D eigenvalue weighted by molar-refractivity contribution is 7.21. The molecule has 28 heavy (non-hydrogen) atoms. The number of hydrogen-bond donors (Lipinski definition) is 1. The Labute approximate surface area is 170 Å². The molecule has 4 rings (SSSR count). The first kappa shape index (κ1) is 19.5. The zero-order chi connectivity index (χ0) is 19.3. The molecular weight excluding hydrogens is 372 g/mol. The lowest BCUT2D eigenvalue weighted by Crippen LogP contribution is -2.46. The number of pyridine rings is 1. The fourth-order valence-corrected chi connectivity index (χ4v) is 4.93. The van der Waals surface area contributed by atoms with Crippen LogP contribution in [0.1, 0.15) is 19.3 Å². The van der Waals surface area contributed by atoms with Crippen molar-refractivity contribution in [3.05, 3.63) is 18.3 Å². The van der Waals surface area contributed by atoms with Gasteiger partial charge in [-0.1, -0.05) is 11.3 Å². The lowest BCUT2D eigenvalue weighted by atomic mass is 9.97. The zero-order valence-electron chi connectivity index (χ0n) is 16.6. The number of thiazole rings is 1. The molecule has 0 bridgehead atoms. The molecule has 152 valence electrons. The summed E-state index contributed by atoms with van der Waals surface area (Å²) in [7, 11) is 2.18. The summed E-state index contributed by atoms with van der Waals surface area (Å²) in [6, 6.07) is 3.91. The van der Waals surface area contributed by atoms with E-state index in [0.29, 0.717) is 0 Å². The number of nitrogens with zero attached hydrogens (tertiary/aromatic N) is 5. The Morgan fingerprint density at radius 1 is 1.29 bits per heavy atom. The van der Waals surface area contributed by atoms with E-state index in [4.69, 9.17) is 4.98 Å². The first-order chi connectivity index (χ1) is 13.7. The molecule has 7 nitrogen and oxygen atoms in total. The van der Waals surface area contributed by atoms with Crippen molar-refractivity contribution in [1.82, 2.24) is 25.1 Å². The van der Waals surface area contributed by atoms with E-state index in [1.165, 1.54) is 0 Å². The molecule has 2 aliphatic rings. The Morgan fingerprint density at radius 2 is 2.14 bits per heavy atom. The van der Waals surface area contributed by atoms with Crippen LogP contribution in [0, 0.1) is 5.92 Å². The third kappa shape index (κ3) is 4.79. The molecule has 0 saturated carbocycles. The Kier molecular flexibility index (Phi) is 6.39. The maximum atomic E-state index is 12.7. The molecule has 8 heteroatoms. The Balaban J connectivity index is 1.23. The number of hydrogen-bond acceptors (Lipinski definition) is 7. The zero-order valence-corrected chi connectivity index (χ0v) is 17.5. The van der Waals surface area contributed by atoms with E-state index < -0.39 is 0 Å². The van der Waals surface area contributed by atoms with Crippen molar-refractivity contribution >= 4 is 32.7 Å². The van der Waals surface area contributed by atoms with Crippen molar-refractivity contribution in [3.63, 3.8) is 0 Å². The maximum Gasteiger partial charge on any atom is 0.224 e. The van der Waals surface area contributed by atoms with Gasteiger partial charge in [-0.15, -0.1) is 0 Å². The number of rotatable bonds is 6. The molecule has 2 aromatic rings. The summed E-state index contributed by atoms with van der Waals surface area (Å²) in [4.78, 5) is 29.8. The monoisotopic (exact) mass is 402 g/mol. The van der Waals surface area contributed by atoms with E-state index in [1.807, 2.05) is 12.1 Å². The van der Waals surface area contributed by atoms with E-state index in [0.717, 1.165) is 87.1 Å². The topological polar surface area (TPSA) is 64.6 Å². The van der Waals surface area contributed by atoms with Crippen LogP contribution in [0.25, 0.3) is 10.3 Å². The van der Waals surface area contributed by atoms with Crippen LogP contribution in [0.5, 0.6) is 0 Å². The van der Waals surface area contributed by atoms with Gasteiger partial charge in [-0.3, -0.25) is 4.79 Å². The van der Waals surface area contributed by atoms with Gasteiger partial charge < -0.3 is 20.0 Å². The van der Waals surface area contributed by atoms with Gasteiger partial charge in [0.25, 0.3) is 0 Å². The highest BCUT2D eigenvalue weighted by Crippen LogP contribution is 2.30. The van der Waals surface area contributed by atoms with Crippen LogP contribution in [0.4, 0.5) is 5.13 Å². The molecule has 0 spiro atoms. The van der Waals surface area contributed by atoms with Crippen LogP contribution in [0.2, 0.25) is 0 Å². The number of carbonyl (C=O) groups is 1. The van der Waals surface area contributed by atoms with Gasteiger partial charge in [0.15, 0.2) is 5.13 Å². The molecule has 0 aromatic carbocycles. The lowest BCUT2D eigenvalue weighted by molar-refractivity contribution is -0.125. The van der Waals surface area contributed by atoms with Crippen LogP contribution in [-0.4, -0.2) is 85.1 Å². The Bertz CT molecular complexity index is 755. The van der Waals surface area contributed by atoms with Crippen molar-refractivity contribution in [2.75, 3.05) is 64.3 Å². The van der Waals surface area contributed by atoms with Gasteiger partial charge in [-0.05, 0) is 45.0 Å². The predicted octanol–water partition coefficient (Wildman–Crippen LogP) is 1.66. The van der Waals surface area contributed by atoms with E-state index in [9.17, 15) is 4.79 Å². The maximum absolute atomic E-state index is 12.7. The Morgan fingerprint density at radius 3 is 2.96 bits per heavy atom. The first-order valence-corrected chi connectivity index (χ1v) is 11.2. The highest BCUT2D eigenvalue weighted by atomic mass is 32.1. The molecule has 0 unspecified atom stereocenters. The standard InChI is InChI=1S/C20H30N6OS/c1-24-11-13-25(14-12-24)9-4-8-21-18(27)16-5-3-10-26(15-16)20-23-17-6-2-7-22-19(17)28-20/h2,6-7,16H,3-5,8-15H2,1H3,(H,21,27)/t16-/m1/s1. The van der Waals surface area contributed by atoms with E-state index in [1.54, 1.807) is 17.5 Å². The summed E-state index contributed by atoms with van der Waals surface area (Å²) in [5.74, 6) is 0.250. The van der Waals surface area contributed by atoms with Gasteiger partial charge in [0, 0.05) is 52.0 Å². The van der Waals surface area contributed by atoms with Crippen molar-refractivity contribution < 1.29 is 4.79 Å². The summed E-state index contributed by atoms with van der Waals surface area (Å²) >= 11 is 1.62. The quantitative estimate of drug-likeness (QED) is 0.742. The molecule has 2 saturated heterocycles. The summed E-state index contributed by atoms with van der Waals surface area (Å²) in [6.07, 6.45) is 4.82. The van der Waals surface area contributed by atoms with Crippen LogP contribution in [-0.2, 0) is 4.79 Å². The van der Waals surface area contributed by atoms with Gasteiger partial charge in [-0.25, -0.2) is 9.97 Å². The second-order valence-electron chi connectivity index (χ2n) is 7.90. The number of aromatic nitrogens is 2. The minimum absolute atomic E-state index is 0.0531. The molecule has 1 amide bonds. The minimum atomic E-state index is 0.0531. The number of carbonyl (C=O) groups excluding carboxylic acids is 1. The van der Waals surface area contributed by atoms with Gasteiger partial charge in [-0.2, -0.15) is 0 Å². The van der Waals surface area contributed by atoms with Gasteiger partial charge in [0.2, 0.25) is 5.91 Å². The average molecular weight is 403 g/mol. The van der Waals surface area contributed by atoms with Crippen LogP contribution in [0.15, 0.2) is 18.3 Å². The molecule has 2 aliphatic heterocycles. The lowest BCUT2D eigenvalue weighted by Gasteiger charge is -2.33. The van der Waals surface area contributed by atoms with Crippen molar-refractivity contribution in [2.24, 2.45) is 5.92 Å². The third-order valence-corrected chi connectivity index (χ3v) is 6.80. The second-order valence-corrected chi connectivity index (χ2v) is 8.85. The van der Waals surface area contributed by atoms with Gasteiger partial charge in [0.1, 0.15) is 10.3 Å². The molecule has 2 aromatic heterocycles. The molecule has 0 aliphatic carbocycles. The number of amides is 1. The molecule has 2 fully saturated rings. The van der Waals surface area contributed by atoms with Crippen LogP contribution in [0.3, 0.4) is 0 Å². The summed E-state index contributed by atoms with van der Waals surface area (Å²) in [5, 5.41) is 4.15. The SMILES string of the molecule is CN1CCN(CCCNC(=O)[C@@H]2CCCN(c3nc4cccnc4s3)C2)CC1. The number of piperidine rings is 1. The van der Waals surface area contributed by atoms with Crippen LogP contribution >= 0.6 is 11.3 Å². The fraction of sp³-hybridized carbons (Fsp3) is 0.650. The average Bonchev–Trinajstić information content (AvgIpc) is 3.17. The number of likely N-dealkylation sites (N-methyl/N-ethyl adjacent to an activating group) is 1. The van der Waals surface area contributed by atoms with Crippen LogP contribution < -0.4 is 10.2 Å². The fourth-order valence-electron chi connectivity index (χ4n) is 3.99. The van der Waals surface area contributed by atoms with E-state index in [2.05, 4.69) is 32.0 Å². The number of anilines is 1. The van der Waals surface area contributed by atoms with Gasteiger partial charge >= 0.3 is 0 Å². The van der Waals surface area contributed by atoms with E-state index in [-0.39, 0.29) is 11.8 Å². The van der Waals surface area contributed by atoms with Crippen molar-refractivity contribution in [2.45, 2.75) is 19.3 Å². The summed E-state index contributed by atoms with van der Waals surface area (Å²) < 4.78 is 0. The number of fused-ring (bicyclic) bond motifs is 1. The Hall–Kier alpha value is -1.77. The van der Waals surface area contributed by atoms with Crippen molar-refractivity contribution in [1.29, 1.82) is 0 Å². The highest BCUT2D eigenvalue weighted by Gasteiger charge is 2.27. The molecule has 0 radical (unpaired) electrons. The van der Waals surface area contributed by atoms with Gasteiger partial charge in [0.05, 0.1) is 5.92 Å². The minimum Gasteiger partial charge on any atom is -0.356 e. The predicted molar refractivity (Wildman–Crippen MR) is 114 cm³/mol. The molecule has 4 heterocycles. The first-order valence-electron chi connectivity index (χ1n) is 10.3. The molecule has 1 N–H and O–H groups in total. The summed E-state index contributed by atoms with van der Waals surface area (Å²) in [6.45, 7) is 8.13. The second kappa shape index (κ2) is 9.15. The third-order valence-electron chi connectivity index (χ3n) is 5.76.